The maximum absolute atomic E-state index is 14.3. The van der Waals surface area contributed by atoms with Crippen molar-refractivity contribution in [3.05, 3.63) is 60.0 Å². The Labute approximate surface area is 175 Å². The predicted octanol–water partition coefficient (Wildman–Crippen LogP) is 4.49. The highest BCUT2D eigenvalue weighted by atomic mass is 19.1. The fourth-order valence-corrected chi connectivity index (χ4v) is 4.24. The van der Waals surface area contributed by atoms with E-state index in [1.54, 1.807) is 23.2 Å². The third kappa shape index (κ3) is 3.95. The van der Waals surface area contributed by atoms with Gasteiger partial charge in [0.05, 0.1) is 5.52 Å². The maximum Gasteiger partial charge on any atom is 0.253 e. The van der Waals surface area contributed by atoms with E-state index in [1.165, 1.54) is 6.07 Å². The number of aromatic amines is 1. The van der Waals surface area contributed by atoms with Crippen molar-refractivity contribution in [2.75, 3.05) is 7.05 Å². The van der Waals surface area contributed by atoms with Crippen LogP contribution >= 0.6 is 0 Å². The van der Waals surface area contributed by atoms with Crippen molar-refractivity contribution in [3.8, 4) is 11.1 Å². The molecule has 2 aromatic carbocycles. The Bertz CT molecular complexity index is 1070. The number of rotatable bonds is 5. The second kappa shape index (κ2) is 8.30. The molecule has 0 unspecified atom stereocenters. The van der Waals surface area contributed by atoms with Crippen LogP contribution < -0.4 is 5.32 Å². The molecule has 4 rings (SSSR count). The molecule has 30 heavy (non-hydrogen) atoms. The predicted molar refractivity (Wildman–Crippen MR) is 116 cm³/mol. The number of H-pyrrole nitrogens is 1. The van der Waals surface area contributed by atoms with Gasteiger partial charge >= 0.3 is 0 Å². The van der Waals surface area contributed by atoms with Gasteiger partial charge in [0.1, 0.15) is 5.82 Å². The summed E-state index contributed by atoms with van der Waals surface area (Å²) in [4.78, 5) is 29.2. The van der Waals surface area contributed by atoms with Gasteiger partial charge in [-0.15, -0.1) is 0 Å². The first-order chi connectivity index (χ1) is 14.5. The topological polar surface area (TPSA) is 65.2 Å². The number of halogens is 1. The molecule has 0 aliphatic heterocycles. The number of hydrogen-bond donors (Lipinski definition) is 2. The van der Waals surface area contributed by atoms with E-state index in [2.05, 4.69) is 10.3 Å². The van der Waals surface area contributed by atoms with E-state index in [0.717, 1.165) is 35.8 Å². The number of hydrogen-bond acceptors (Lipinski definition) is 2. The molecule has 1 aromatic heterocycles. The Hall–Kier alpha value is -3.15. The van der Waals surface area contributed by atoms with Crippen LogP contribution in [-0.4, -0.2) is 40.8 Å². The lowest BCUT2D eigenvalue weighted by molar-refractivity contribution is -0.121. The summed E-state index contributed by atoms with van der Waals surface area (Å²) in [7, 11) is 1.82. The van der Waals surface area contributed by atoms with Crippen molar-refractivity contribution in [1.29, 1.82) is 0 Å². The molecule has 1 saturated carbocycles. The minimum atomic E-state index is -0.293. The number of nitrogens with one attached hydrogen (secondary N) is 2. The van der Waals surface area contributed by atoms with E-state index in [0.29, 0.717) is 17.5 Å². The van der Waals surface area contributed by atoms with E-state index >= 15 is 0 Å². The first-order valence-corrected chi connectivity index (χ1v) is 10.4. The van der Waals surface area contributed by atoms with Crippen molar-refractivity contribution < 1.29 is 14.0 Å². The summed E-state index contributed by atoms with van der Waals surface area (Å²) in [6, 6.07) is 12.8. The number of nitrogens with zero attached hydrogens (tertiary/aromatic N) is 1. The summed E-state index contributed by atoms with van der Waals surface area (Å²) >= 11 is 0. The van der Waals surface area contributed by atoms with Gasteiger partial charge in [0.25, 0.3) is 5.91 Å². The Morgan fingerprint density at radius 2 is 1.90 bits per heavy atom. The largest absolute Gasteiger partial charge is 0.359 e. The molecule has 0 radical (unpaired) electrons. The van der Waals surface area contributed by atoms with E-state index in [-0.39, 0.29) is 29.7 Å². The molecule has 1 aliphatic rings. The Kier molecular flexibility index (Phi) is 5.57. The minimum Gasteiger partial charge on any atom is -0.359 e. The molecule has 0 spiro atoms. The van der Waals surface area contributed by atoms with E-state index < -0.39 is 0 Å². The molecular weight excluding hydrogens is 381 g/mol. The molecular formula is C24H26FN3O2. The van der Waals surface area contributed by atoms with Crippen molar-refractivity contribution in [2.24, 2.45) is 0 Å². The lowest BCUT2D eigenvalue weighted by atomic mass is 10.0. The normalized spacial score (nSPS) is 18.5. The summed E-state index contributed by atoms with van der Waals surface area (Å²) in [6.07, 6.45) is 4.74. The number of benzene rings is 2. The van der Waals surface area contributed by atoms with Crippen LogP contribution in [0.4, 0.5) is 4.39 Å². The highest BCUT2D eigenvalue weighted by Gasteiger charge is 2.30. The first-order valence-electron chi connectivity index (χ1n) is 10.4. The summed E-state index contributed by atoms with van der Waals surface area (Å²) in [6.45, 7) is 1.84. The monoisotopic (exact) mass is 407 g/mol. The molecule has 3 aromatic rings. The van der Waals surface area contributed by atoms with Crippen LogP contribution in [0.5, 0.6) is 0 Å². The molecule has 5 nitrogen and oxygen atoms in total. The quantitative estimate of drug-likeness (QED) is 0.654. The number of aromatic nitrogens is 1. The van der Waals surface area contributed by atoms with Crippen LogP contribution in [0.3, 0.4) is 0 Å². The van der Waals surface area contributed by atoms with Crippen LogP contribution in [0, 0.1) is 5.82 Å². The number of carbonyl (C=O) groups excluding carboxylic acids is 2. The van der Waals surface area contributed by atoms with E-state index in [1.807, 2.05) is 38.2 Å². The molecule has 1 aliphatic carbocycles. The average Bonchev–Trinajstić information content (AvgIpc) is 3.42. The molecule has 2 amide bonds. The zero-order valence-electron chi connectivity index (χ0n) is 17.2. The maximum atomic E-state index is 14.3. The van der Waals surface area contributed by atoms with Gasteiger partial charge in [-0.3, -0.25) is 9.59 Å². The Balaban J connectivity index is 1.45. The molecule has 2 N–H and O–H groups in total. The van der Waals surface area contributed by atoms with Gasteiger partial charge < -0.3 is 15.2 Å². The third-order valence-corrected chi connectivity index (χ3v) is 6.04. The zero-order chi connectivity index (χ0) is 21.3. The van der Waals surface area contributed by atoms with Crippen molar-refractivity contribution in [2.45, 2.75) is 44.7 Å². The van der Waals surface area contributed by atoms with Crippen LogP contribution in [0.2, 0.25) is 0 Å². The average molecular weight is 407 g/mol. The highest BCUT2D eigenvalue weighted by molar-refractivity contribution is 5.95. The second-order valence-electron chi connectivity index (χ2n) is 7.98. The minimum absolute atomic E-state index is 0.0405. The van der Waals surface area contributed by atoms with Gasteiger partial charge in [-0.1, -0.05) is 19.1 Å². The van der Waals surface area contributed by atoms with Crippen LogP contribution in [0.15, 0.2) is 48.7 Å². The fraction of sp³-hybridized carbons (Fsp3) is 0.333. The smallest absolute Gasteiger partial charge is 0.253 e. The molecule has 1 fully saturated rings. The summed E-state index contributed by atoms with van der Waals surface area (Å²) in [5.74, 6) is -0.279. The Morgan fingerprint density at radius 1 is 1.13 bits per heavy atom. The fourth-order valence-electron chi connectivity index (χ4n) is 4.24. The van der Waals surface area contributed by atoms with Crippen molar-refractivity contribution in [1.82, 2.24) is 15.2 Å². The molecule has 6 heteroatoms. The summed E-state index contributed by atoms with van der Waals surface area (Å²) in [5.41, 5.74) is 2.74. The lowest BCUT2D eigenvalue weighted by Crippen LogP contribution is -2.38. The van der Waals surface area contributed by atoms with Gasteiger partial charge in [-0.2, -0.15) is 0 Å². The molecule has 1 heterocycles. The summed E-state index contributed by atoms with van der Waals surface area (Å²) < 4.78 is 14.3. The van der Waals surface area contributed by atoms with Gasteiger partial charge in [0, 0.05) is 42.7 Å². The summed E-state index contributed by atoms with van der Waals surface area (Å²) in [5, 5.41) is 3.84. The Morgan fingerprint density at radius 3 is 2.63 bits per heavy atom. The van der Waals surface area contributed by atoms with Crippen molar-refractivity contribution in [3.63, 3.8) is 0 Å². The zero-order valence-corrected chi connectivity index (χ0v) is 17.2. The molecule has 156 valence electrons. The lowest BCUT2D eigenvalue weighted by Gasteiger charge is -2.25. The number of amides is 2. The van der Waals surface area contributed by atoms with E-state index in [9.17, 15) is 14.0 Å². The number of carbonyl (C=O) groups is 2. The van der Waals surface area contributed by atoms with Crippen LogP contribution in [0.25, 0.3) is 22.0 Å². The van der Waals surface area contributed by atoms with Gasteiger partial charge in [-0.05, 0) is 60.7 Å². The molecule has 2 atom stereocenters. The van der Waals surface area contributed by atoms with Crippen molar-refractivity contribution >= 4 is 22.7 Å². The van der Waals surface area contributed by atoms with Gasteiger partial charge in [-0.25, -0.2) is 4.39 Å². The first kappa shape index (κ1) is 20.1. The number of fused-ring (bicyclic) bond motifs is 1. The highest BCUT2D eigenvalue weighted by Crippen LogP contribution is 2.28. The van der Waals surface area contributed by atoms with Gasteiger partial charge in [0.2, 0.25) is 5.91 Å². The van der Waals surface area contributed by atoms with E-state index in [4.69, 9.17) is 0 Å². The molecule has 0 bridgehead atoms. The van der Waals surface area contributed by atoms with Gasteiger partial charge in [0.15, 0.2) is 0 Å². The standard InChI is InChI=1S/C24H26FN3O2/c1-3-22(29)27-19-8-9-20(14-19)28(2)24(30)16-6-4-15(5-7-16)18-12-17-10-11-26-23(17)21(25)13-18/h4-7,10-13,19-20,26H,3,8-9,14H2,1-2H3,(H,27,29)/t19-,20+/m0/s1. The van der Waals surface area contributed by atoms with Crippen LogP contribution in [-0.2, 0) is 4.79 Å². The molecule has 0 saturated heterocycles. The third-order valence-electron chi connectivity index (χ3n) is 6.04. The SMILES string of the molecule is CCC(=O)N[C@H]1CC[C@@H](N(C)C(=O)c2ccc(-c3cc(F)c4[nH]ccc4c3)cc2)C1. The second-order valence-corrected chi connectivity index (χ2v) is 7.98. The van der Waals surface area contributed by atoms with Crippen LogP contribution in [0.1, 0.15) is 43.0 Å².